The maximum atomic E-state index is 11.0. The van der Waals surface area contributed by atoms with Crippen LogP contribution in [0.3, 0.4) is 0 Å². The summed E-state index contributed by atoms with van der Waals surface area (Å²) in [4.78, 5) is 23.4. The number of nitrogens with zero attached hydrogens (tertiary/aromatic N) is 3. The Kier molecular flexibility index (Phi) is 5.80. The van der Waals surface area contributed by atoms with Crippen LogP contribution in [0.1, 0.15) is 10.5 Å². The largest absolute Gasteiger partial charge is 0.497 e. The third-order valence-electron chi connectivity index (χ3n) is 4.44. The summed E-state index contributed by atoms with van der Waals surface area (Å²) in [7, 11) is 1.61. The summed E-state index contributed by atoms with van der Waals surface area (Å²) in [5.74, 6) is 1.24. The molecule has 9 nitrogen and oxygen atoms in total. The van der Waals surface area contributed by atoms with E-state index in [0.29, 0.717) is 23.0 Å². The van der Waals surface area contributed by atoms with E-state index in [0.717, 1.165) is 17.0 Å². The molecule has 0 radical (unpaired) electrons. The van der Waals surface area contributed by atoms with Gasteiger partial charge in [-0.1, -0.05) is 0 Å². The fraction of sp³-hybridized carbons (Fsp3) is 0.0435. The second-order valence-corrected chi connectivity index (χ2v) is 6.66. The standard InChI is InChI=1S/C23H19N5O4/c1-31-16-6-2-14(3-7-16)19-13-21(28-23(24)27-19)26-15-4-8-17(9-5-15)32-18-10-11-25-20(12-18)22(29)30/h2-13H,1H3,(H,29,30)(H3,24,26,27,28). The van der Waals surface area contributed by atoms with Gasteiger partial charge in [-0.15, -0.1) is 0 Å². The topological polar surface area (TPSA) is 132 Å². The number of carboxylic acid groups (broad SMARTS) is 1. The van der Waals surface area contributed by atoms with E-state index < -0.39 is 5.97 Å². The van der Waals surface area contributed by atoms with Crippen LogP contribution in [0.25, 0.3) is 11.3 Å². The van der Waals surface area contributed by atoms with Gasteiger partial charge in [0, 0.05) is 29.6 Å². The van der Waals surface area contributed by atoms with Crippen LogP contribution in [0.5, 0.6) is 17.2 Å². The first-order chi connectivity index (χ1) is 15.5. The number of aromatic nitrogens is 3. The second kappa shape index (κ2) is 9.00. The maximum Gasteiger partial charge on any atom is 0.354 e. The fourth-order valence-electron chi connectivity index (χ4n) is 2.92. The molecule has 4 aromatic rings. The number of nitrogens with one attached hydrogen (secondary N) is 1. The number of nitrogens with two attached hydrogens (primary N) is 1. The van der Waals surface area contributed by atoms with Crippen LogP contribution in [-0.4, -0.2) is 33.1 Å². The molecule has 2 aromatic heterocycles. The summed E-state index contributed by atoms with van der Waals surface area (Å²) in [6, 6.07) is 19.3. The third-order valence-corrected chi connectivity index (χ3v) is 4.44. The molecule has 0 saturated carbocycles. The molecule has 0 aliphatic heterocycles. The van der Waals surface area contributed by atoms with Crippen molar-refractivity contribution in [2.75, 3.05) is 18.2 Å². The van der Waals surface area contributed by atoms with Crippen molar-refractivity contribution in [2.24, 2.45) is 0 Å². The van der Waals surface area contributed by atoms with Crippen molar-refractivity contribution in [2.45, 2.75) is 0 Å². The van der Waals surface area contributed by atoms with E-state index in [1.165, 1.54) is 12.3 Å². The minimum atomic E-state index is -1.12. The zero-order valence-electron chi connectivity index (χ0n) is 17.0. The highest BCUT2D eigenvalue weighted by Gasteiger charge is 2.08. The molecule has 0 saturated heterocycles. The molecule has 160 valence electrons. The monoisotopic (exact) mass is 429 g/mol. The number of carboxylic acids is 1. The molecule has 0 atom stereocenters. The lowest BCUT2D eigenvalue weighted by atomic mass is 10.1. The normalized spacial score (nSPS) is 10.4. The van der Waals surface area contributed by atoms with E-state index in [1.807, 2.05) is 24.3 Å². The predicted molar refractivity (Wildman–Crippen MR) is 119 cm³/mol. The molecule has 9 heteroatoms. The molecule has 0 aliphatic carbocycles. The molecule has 0 fully saturated rings. The minimum Gasteiger partial charge on any atom is -0.497 e. The van der Waals surface area contributed by atoms with Gasteiger partial charge < -0.3 is 25.6 Å². The summed E-state index contributed by atoms with van der Waals surface area (Å²) in [5.41, 5.74) is 8.12. The Morgan fingerprint density at radius 2 is 1.66 bits per heavy atom. The summed E-state index contributed by atoms with van der Waals surface area (Å²) < 4.78 is 10.9. The Morgan fingerprint density at radius 3 is 2.34 bits per heavy atom. The zero-order chi connectivity index (χ0) is 22.5. The Balaban J connectivity index is 1.49. The fourth-order valence-corrected chi connectivity index (χ4v) is 2.92. The molecule has 4 N–H and O–H groups in total. The highest BCUT2D eigenvalue weighted by Crippen LogP contribution is 2.27. The van der Waals surface area contributed by atoms with Gasteiger partial charge in [0.15, 0.2) is 5.69 Å². The number of hydrogen-bond acceptors (Lipinski definition) is 8. The van der Waals surface area contributed by atoms with Gasteiger partial charge >= 0.3 is 5.97 Å². The average molecular weight is 429 g/mol. The van der Waals surface area contributed by atoms with E-state index in [-0.39, 0.29) is 11.6 Å². The van der Waals surface area contributed by atoms with Crippen LogP contribution in [0.2, 0.25) is 0 Å². The predicted octanol–water partition coefficient (Wildman–Crippen LogP) is 4.36. The van der Waals surface area contributed by atoms with Crippen LogP contribution in [0.4, 0.5) is 17.5 Å². The SMILES string of the molecule is COc1ccc(-c2cc(Nc3ccc(Oc4ccnc(C(=O)O)c4)cc3)nc(N)n2)cc1. The number of benzene rings is 2. The maximum absolute atomic E-state index is 11.0. The first-order valence-corrected chi connectivity index (χ1v) is 9.53. The summed E-state index contributed by atoms with van der Waals surface area (Å²) in [5, 5.41) is 12.2. The lowest BCUT2D eigenvalue weighted by Gasteiger charge is -2.10. The van der Waals surface area contributed by atoms with Crippen molar-refractivity contribution in [3.8, 4) is 28.5 Å². The van der Waals surface area contributed by atoms with Crippen molar-refractivity contribution < 1.29 is 19.4 Å². The quantitative estimate of drug-likeness (QED) is 0.392. The van der Waals surface area contributed by atoms with E-state index in [1.54, 1.807) is 43.5 Å². The van der Waals surface area contributed by atoms with Crippen molar-refractivity contribution >= 4 is 23.4 Å². The smallest absolute Gasteiger partial charge is 0.354 e. The van der Waals surface area contributed by atoms with Crippen molar-refractivity contribution in [3.63, 3.8) is 0 Å². The van der Waals surface area contributed by atoms with Gasteiger partial charge in [0.05, 0.1) is 12.8 Å². The average Bonchev–Trinajstić information content (AvgIpc) is 2.80. The summed E-state index contributed by atoms with van der Waals surface area (Å²) in [6.45, 7) is 0. The van der Waals surface area contributed by atoms with Crippen LogP contribution in [-0.2, 0) is 0 Å². The first-order valence-electron chi connectivity index (χ1n) is 9.53. The van der Waals surface area contributed by atoms with Gasteiger partial charge in [0.2, 0.25) is 5.95 Å². The van der Waals surface area contributed by atoms with E-state index in [4.69, 9.17) is 20.3 Å². The van der Waals surface area contributed by atoms with E-state index in [2.05, 4.69) is 20.3 Å². The number of aromatic carboxylic acids is 1. The van der Waals surface area contributed by atoms with Crippen LogP contribution >= 0.6 is 0 Å². The molecular weight excluding hydrogens is 410 g/mol. The van der Waals surface area contributed by atoms with Gasteiger partial charge in [-0.05, 0) is 54.6 Å². The number of methoxy groups -OCH3 is 1. The second-order valence-electron chi connectivity index (χ2n) is 6.66. The number of carbonyl (C=O) groups is 1. The first kappa shape index (κ1) is 20.6. The number of hydrogen-bond donors (Lipinski definition) is 3. The molecule has 32 heavy (non-hydrogen) atoms. The van der Waals surface area contributed by atoms with Crippen LogP contribution in [0.15, 0.2) is 72.9 Å². The molecule has 2 heterocycles. The van der Waals surface area contributed by atoms with Crippen LogP contribution < -0.4 is 20.5 Å². The Labute approximate surface area is 183 Å². The van der Waals surface area contributed by atoms with Gasteiger partial charge in [-0.25, -0.2) is 14.8 Å². The van der Waals surface area contributed by atoms with E-state index in [9.17, 15) is 4.79 Å². The van der Waals surface area contributed by atoms with Crippen molar-refractivity contribution in [1.82, 2.24) is 15.0 Å². The molecular formula is C23H19N5O4. The zero-order valence-corrected chi connectivity index (χ0v) is 17.0. The van der Waals surface area contributed by atoms with Crippen molar-refractivity contribution in [3.05, 3.63) is 78.6 Å². The number of rotatable bonds is 7. The Bertz CT molecular complexity index is 1240. The molecule has 0 aliphatic rings. The number of pyridine rings is 1. The highest BCUT2D eigenvalue weighted by molar-refractivity contribution is 5.85. The van der Waals surface area contributed by atoms with Gasteiger partial charge in [-0.3, -0.25) is 0 Å². The van der Waals surface area contributed by atoms with Gasteiger partial charge in [-0.2, -0.15) is 4.98 Å². The lowest BCUT2D eigenvalue weighted by Crippen LogP contribution is -2.01. The highest BCUT2D eigenvalue weighted by atomic mass is 16.5. The summed E-state index contributed by atoms with van der Waals surface area (Å²) in [6.07, 6.45) is 1.38. The van der Waals surface area contributed by atoms with Gasteiger partial charge in [0.25, 0.3) is 0 Å². The Hall–Kier alpha value is -4.66. The molecule has 0 unspecified atom stereocenters. The third kappa shape index (κ3) is 4.90. The minimum absolute atomic E-state index is 0.0881. The molecule has 0 amide bonds. The summed E-state index contributed by atoms with van der Waals surface area (Å²) >= 11 is 0. The van der Waals surface area contributed by atoms with E-state index >= 15 is 0 Å². The van der Waals surface area contributed by atoms with Crippen molar-refractivity contribution in [1.29, 1.82) is 0 Å². The molecule has 0 spiro atoms. The molecule has 4 rings (SSSR count). The number of ether oxygens (including phenoxy) is 2. The Morgan fingerprint density at radius 1 is 0.938 bits per heavy atom. The lowest BCUT2D eigenvalue weighted by molar-refractivity contribution is 0.0690. The number of anilines is 3. The molecule has 0 bridgehead atoms. The molecule has 2 aromatic carbocycles. The van der Waals surface area contributed by atoms with Gasteiger partial charge in [0.1, 0.15) is 23.1 Å². The number of nitrogen functional groups attached to an aromatic ring is 1. The van der Waals surface area contributed by atoms with Crippen LogP contribution in [0, 0.1) is 0 Å².